The molecule has 0 radical (unpaired) electrons. The number of piperidine rings is 1. The molecule has 0 aliphatic carbocycles. The Bertz CT molecular complexity index is 1210. The number of thiophene rings is 1. The summed E-state index contributed by atoms with van der Waals surface area (Å²) in [5.74, 6) is 0.0290. The van der Waals surface area contributed by atoms with Crippen LogP contribution in [-0.4, -0.2) is 46.3 Å². The van der Waals surface area contributed by atoms with Gasteiger partial charge in [-0.1, -0.05) is 18.2 Å². The molecule has 0 spiro atoms. The molecule has 8 heteroatoms. The van der Waals surface area contributed by atoms with E-state index in [2.05, 4.69) is 16.0 Å². The predicted molar refractivity (Wildman–Crippen MR) is 116 cm³/mol. The van der Waals surface area contributed by atoms with Crippen LogP contribution in [-0.2, 0) is 11.2 Å². The minimum absolute atomic E-state index is 0.0618. The zero-order valence-electron chi connectivity index (χ0n) is 16.7. The first-order valence-corrected chi connectivity index (χ1v) is 11.0. The van der Waals surface area contributed by atoms with E-state index in [0.29, 0.717) is 46.6 Å². The molecule has 0 atom stereocenters. The molecule has 0 unspecified atom stereocenters. The van der Waals surface area contributed by atoms with E-state index in [9.17, 15) is 14.4 Å². The molecule has 4 heterocycles. The maximum Gasteiger partial charge on any atom is 0.264 e. The molecule has 2 amide bonds. The first-order valence-electron chi connectivity index (χ1n) is 10.2. The second kappa shape index (κ2) is 7.36. The van der Waals surface area contributed by atoms with Gasteiger partial charge < -0.3 is 14.8 Å². The number of carbonyl (C=O) groups is 2. The molecule has 1 aromatic carbocycles. The Morgan fingerprint density at radius 1 is 1.17 bits per heavy atom. The Morgan fingerprint density at radius 3 is 2.70 bits per heavy atom. The average Bonchev–Trinajstić information content (AvgIpc) is 3.35. The molecule has 2 aromatic heterocycles. The number of nitrogens with one attached hydrogen (secondary N) is 1. The number of likely N-dealkylation sites (tertiary alicyclic amines) is 1. The van der Waals surface area contributed by atoms with Crippen LogP contribution in [0.4, 0.5) is 5.69 Å². The molecule has 3 aromatic rings. The highest BCUT2D eigenvalue weighted by atomic mass is 32.1. The first kappa shape index (κ1) is 19.0. The molecule has 30 heavy (non-hydrogen) atoms. The largest absolute Gasteiger partial charge is 0.338 e. The molecule has 2 aliphatic heterocycles. The smallest absolute Gasteiger partial charge is 0.264 e. The lowest BCUT2D eigenvalue weighted by Crippen LogP contribution is -2.44. The van der Waals surface area contributed by atoms with Crippen molar-refractivity contribution in [1.29, 1.82) is 0 Å². The Labute approximate surface area is 177 Å². The van der Waals surface area contributed by atoms with E-state index in [1.54, 1.807) is 11.8 Å². The number of aryl methyl sites for hydroxylation is 1. The average molecular weight is 423 g/mol. The van der Waals surface area contributed by atoms with Crippen LogP contribution in [0.3, 0.4) is 0 Å². The van der Waals surface area contributed by atoms with Crippen molar-refractivity contribution in [3.8, 4) is 0 Å². The Hall–Kier alpha value is -3.00. The third-order valence-corrected chi connectivity index (χ3v) is 7.40. The number of para-hydroxylation sites is 1. The van der Waals surface area contributed by atoms with Gasteiger partial charge in [-0.2, -0.15) is 0 Å². The van der Waals surface area contributed by atoms with Gasteiger partial charge >= 0.3 is 0 Å². The lowest BCUT2D eigenvalue weighted by molar-refractivity contribution is -0.123. The number of rotatable bonds is 2. The summed E-state index contributed by atoms with van der Waals surface area (Å²) in [4.78, 5) is 49.9. The van der Waals surface area contributed by atoms with Gasteiger partial charge in [0.25, 0.3) is 11.5 Å². The van der Waals surface area contributed by atoms with Crippen LogP contribution >= 0.6 is 11.3 Å². The number of aromatic nitrogens is 2. The van der Waals surface area contributed by atoms with Crippen LogP contribution < -0.4 is 10.5 Å². The van der Waals surface area contributed by atoms with Crippen LogP contribution in [0, 0.1) is 12.8 Å². The van der Waals surface area contributed by atoms with E-state index in [1.165, 1.54) is 23.2 Å². The van der Waals surface area contributed by atoms with Crippen LogP contribution in [0.25, 0.3) is 10.2 Å². The van der Waals surface area contributed by atoms with Gasteiger partial charge in [0.1, 0.15) is 4.83 Å². The Kier molecular flexibility index (Phi) is 4.66. The summed E-state index contributed by atoms with van der Waals surface area (Å²) < 4.78 is 0. The van der Waals surface area contributed by atoms with Gasteiger partial charge in [-0.3, -0.25) is 14.4 Å². The van der Waals surface area contributed by atoms with Gasteiger partial charge in [0, 0.05) is 31.2 Å². The van der Waals surface area contributed by atoms with Crippen LogP contribution in [0.15, 0.2) is 35.4 Å². The van der Waals surface area contributed by atoms with E-state index in [1.807, 2.05) is 23.1 Å². The van der Waals surface area contributed by atoms with Crippen molar-refractivity contribution in [1.82, 2.24) is 14.9 Å². The quantitative estimate of drug-likeness (QED) is 0.688. The number of carbonyl (C=O) groups excluding carboxylic acids is 2. The molecular weight excluding hydrogens is 400 g/mol. The molecule has 154 valence electrons. The van der Waals surface area contributed by atoms with Gasteiger partial charge in [0.15, 0.2) is 0 Å². The van der Waals surface area contributed by atoms with Gasteiger partial charge in [0.2, 0.25) is 5.91 Å². The summed E-state index contributed by atoms with van der Waals surface area (Å²) in [6.45, 7) is 3.62. The number of benzene rings is 1. The van der Waals surface area contributed by atoms with Crippen molar-refractivity contribution in [2.45, 2.75) is 26.2 Å². The van der Waals surface area contributed by atoms with Crippen molar-refractivity contribution < 1.29 is 9.59 Å². The van der Waals surface area contributed by atoms with E-state index < -0.39 is 0 Å². The molecule has 1 fully saturated rings. The SMILES string of the molecule is Cc1c(C(=O)N2CCC(C(=O)N3CCc4ccccc43)CC2)sc2nc[nH]c(=O)c12. The highest BCUT2D eigenvalue weighted by molar-refractivity contribution is 7.20. The highest BCUT2D eigenvalue weighted by Gasteiger charge is 2.34. The fourth-order valence-electron chi connectivity index (χ4n) is 4.54. The van der Waals surface area contributed by atoms with E-state index in [-0.39, 0.29) is 23.3 Å². The first-order chi connectivity index (χ1) is 14.5. The molecule has 2 aliphatic rings. The number of aromatic amines is 1. The van der Waals surface area contributed by atoms with Crippen molar-refractivity contribution in [3.05, 3.63) is 57.0 Å². The topological polar surface area (TPSA) is 86.4 Å². The number of H-pyrrole nitrogens is 1. The summed E-state index contributed by atoms with van der Waals surface area (Å²) in [5, 5.41) is 0.489. The molecular formula is C22H22N4O3S. The van der Waals surface area contributed by atoms with E-state index in [0.717, 1.165) is 18.7 Å². The van der Waals surface area contributed by atoms with Crippen molar-refractivity contribution >= 4 is 39.1 Å². The van der Waals surface area contributed by atoms with E-state index in [4.69, 9.17) is 0 Å². The summed E-state index contributed by atoms with van der Waals surface area (Å²) in [6, 6.07) is 8.07. The van der Waals surface area contributed by atoms with E-state index >= 15 is 0 Å². The van der Waals surface area contributed by atoms with Crippen molar-refractivity contribution in [3.63, 3.8) is 0 Å². The Morgan fingerprint density at radius 2 is 1.93 bits per heavy atom. The minimum atomic E-state index is -0.219. The van der Waals surface area contributed by atoms with Crippen LogP contribution in [0.1, 0.15) is 33.6 Å². The molecule has 1 N–H and O–H groups in total. The lowest BCUT2D eigenvalue weighted by Gasteiger charge is -2.33. The third-order valence-electron chi connectivity index (χ3n) is 6.21. The second-order valence-electron chi connectivity index (χ2n) is 7.90. The number of nitrogens with zero attached hydrogens (tertiary/aromatic N) is 3. The fourth-order valence-corrected chi connectivity index (χ4v) is 5.66. The normalized spacial score (nSPS) is 16.8. The van der Waals surface area contributed by atoms with Gasteiger partial charge in [-0.25, -0.2) is 4.98 Å². The molecule has 0 saturated carbocycles. The molecule has 5 rings (SSSR count). The number of amides is 2. The number of hydrogen-bond donors (Lipinski definition) is 1. The maximum atomic E-state index is 13.1. The Balaban J connectivity index is 1.29. The van der Waals surface area contributed by atoms with Gasteiger partial charge in [0.05, 0.1) is 16.6 Å². The standard InChI is InChI=1S/C22H22N4O3S/c1-13-17-19(27)23-12-24-20(17)30-18(13)22(29)25-9-6-15(7-10-25)21(28)26-11-8-14-4-2-3-5-16(14)26/h2-5,12,15H,6-11H2,1H3,(H,23,24,27). The maximum absolute atomic E-state index is 13.1. The highest BCUT2D eigenvalue weighted by Crippen LogP contribution is 2.32. The molecule has 0 bridgehead atoms. The van der Waals surface area contributed by atoms with Gasteiger partial charge in [-0.05, 0) is 43.4 Å². The zero-order valence-corrected chi connectivity index (χ0v) is 17.5. The number of anilines is 1. The summed E-state index contributed by atoms with van der Waals surface area (Å²) in [7, 11) is 0. The van der Waals surface area contributed by atoms with Crippen LogP contribution in [0.5, 0.6) is 0 Å². The molecule has 7 nitrogen and oxygen atoms in total. The fraction of sp³-hybridized carbons (Fsp3) is 0.364. The van der Waals surface area contributed by atoms with Crippen molar-refractivity contribution in [2.75, 3.05) is 24.5 Å². The third kappa shape index (κ3) is 3.02. The number of fused-ring (bicyclic) bond motifs is 2. The molecule has 1 saturated heterocycles. The van der Waals surface area contributed by atoms with Crippen molar-refractivity contribution in [2.24, 2.45) is 5.92 Å². The number of hydrogen-bond acceptors (Lipinski definition) is 5. The predicted octanol–water partition coefficient (Wildman–Crippen LogP) is 2.73. The van der Waals surface area contributed by atoms with Crippen LogP contribution in [0.2, 0.25) is 0 Å². The second-order valence-corrected chi connectivity index (χ2v) is 8.90. The lowest BCUT2D eigenvalue weighted by atomic mass is 9.95. The monoisotopic (exact) mass is 422 g/mol. The zero-order chi connectivity index (χ0) is 20.8. The summed E-state index contributed by atoms with van der Waals surface area (Å²) in [5.41, 5.74) is 2.71. The van der Waals surface area contributed by atoms with Gasteiger partial charge in [-0.15, -0.1) is 11.3 Å². The summed E-state index contributed by atoms with van der Waals surface area (Å²) in [6.07, 6.45) is 3.58. The minimum Gasteiger partial charge on any atom is -0.338 e. The summed E-state index contributed by atoms with van der Waals surface area (Å²) >= 11 is 1.26.